The van der Waals surface area contributed by atoms with Crippen LogP contribution in [0.3, 0.4) is 0 Å². The maximum Gasteiger partial charge on any atom is 0.306 e. The van der Waals surface area contributed by atoms with Gasteiger partial charge in [0.25, 0.3) is 0 Å². The fourth-order valence-corrected chi connectivity index (χ4v) is 6.31. The van der Waals surface area contributed by atoms with E-state index in [1.165, 1.54) is 167 Å². The third-order valence-corrected chi connectivity index (χ3v) is 9.56. The predicted molar refractivity (Wildman–Crippen MR) is 205 cm³/mol. The lowest BCUT2D eigenvalue weighted by atomic mass is 10.0. The zero-order valence-electron chi connectivity index (χ0n) is 32.3. The molecule has 0 unspecified atom stereocenters. The first-order valence-corrected chi connectivity index (χ1v) is 21.2. The smallest absolute Gasteiger partial charge is 0.306 e. The van der Waals surface area contributed by atoms with Gasteiger partial charge in [-0.1, -0.05) is 193 Å². The third-order valence-electron chi connectivity index (χ3n) is 9.56. The van der Waals surface area contributed by atoms with Crippen LogP contribution in [-0.2, 0) is 19.1 Å². The van der Waals surface area contributed by atoms with Gasteiger partial charge in [0.1, 0.15) is 6.61 Å². The van der Waals surface area contributed by atoms with E-state index in [0.29, 0.717) is 12.8 Å². The molecule has 1 atom stereocenters. The number of hydrogen-bond acceptors (Lipinski definition) is 5. The number of aliphatic hydroxyl groups is 1. The van der Waals surface area contributed by atoms with Crippen LogP contribution in [0.4, 0.5) is 0 Å². The SMILES string of the molecule is CCCCCCCCC=CCCCCCCCCCC(=O)OC[C@H](CO)OC(=O)CCCCCCCCCCCCCCCCCCC. The van der Waals surface area contributed by atoms with Gasteiger partial charge in [0, 0.05) is 12.8 Å². The molecule has 0 aliphatic rings. The summed E-state index contributed by atoms with van der Waals surface area (Å²) < 4.78 is 10.6. The van der Waals surface area contributed by atoms with Gasteiger partial charge in [-0.25, -0.2) is 0 Å². The van der Waals surface area contributed by atoms with Crippen LogP contribution in [-0.4, -0.2) is 36.4 Å². The van der Waals surface area contributed by atoms with Crippen molar-refractivity contribution in [1.82, 2.24) is 0 Å². The van der Waals surface area contributed by atoms with E-state index in [1.54, 1.807) is 0 Å². The van der Waals surface area contributed by atoms with Crippen molar-refractivity contribution in [2.24, 2.45) is 0 Å². The number of aliphatic hydroxyl groups excluding tert-OH is 1. The zero-order chi connectivity index (χ0) is 35.0. The van der Waals surface area contributed by atoms with E-state index in [4.69, 9.17) is 9.47 Å². The van der Waals surface area contributed by atoms with Gasteiger partial charge in [-0.15, -0.1) is 0 Å². The van der Waals surface area contributed by atoms with E-state index >= 15 is 0 Å². The zero-order valence-corrected chi connectivity index (χ0v) is 32.3. The first kappa shape index (κ1) is 46.6. The Morgan fingerprint density at radius 3 is 1.12 bits per heavy atom. The van der Waals surface area contributed by atoms with Crippen molar-refractivity contribution in [2.45, 2.75) is 238 Å². The van der Waals surface area contributed by atoms with E-state index in [0.717, 1.165) is 38.5 Å². The maximum absolute atomic E-state index is 12.2. The molecule has 0 bridgehead atoms. The lowest BCUT2D eigenvalue weighted by Gasteiger charge is -2.15. The Morgan fingerprint density at radius 1 is 0.458 bits per heavy atom. The van der Waals surface area contributed by atoms with Crippen molar-refractivity contribution < 1.29 is 24.2 Å². The molecule has 0 aliphatic heterocycles. The Labute approximate surface area is 299 Å². The van der Waals surface area contributed by atoms with Crippen LogP contribution < -0.4 is 0 Å². The highest BCUT2D eigenvalue weighted by Crippen LogP contribution is 2.15. The monoisotopic (exact) mass is 679 g/mol. The summed E-state index contributed by atoms with van der Waals surface area (Å²) in [5, 5.41) is 9.57. The van der Waals surface area contributed by atoms with Crippen molar-refractivity contribution in [3.05, 3.63) is 12.2 Å². The van der Waals surface area contributed by atoms with Crippen molar-refractivity contribution in [1.29, 1.82) is 0 Å². The summed E-state index contributed by atoms with van der Waals surface area (Å²) in [7, 11) is 0. The van der Waals surface area contributed by atoms with Crippen LogP contribution in [0.2, 0.25) is 0 Å². The van der Waals surface area contributed by atoms with Crippen LogP contribution in [0.15, 0.2) is 12.2 Å². The molecule has 0 spiro atoms. The third kappa shape index (κ3) is 37.5. The van der Waals surface area contributed by atoms with Crippen LogP contribution in [0.1, 0.15) is 232 Å². The van der Waals surface area contributed by atoms with Gasteiger partial charge in [0.15, 0.2) is 6.10 Å². The number of allylic oxidation sites excluding steroid dienone is 2. The molecule has 0 amide bonds. The van der Waals surface area contributed by atoms with Gasteiger partial charge < -0.3 is 14.6 Å². The summed E-state index contributed by atoms with van der Waals surface area (Å²) >= 11 is 0. The van der Waals surface area contributed by atoms with Crippen LogP contribution in [0.25, 0.3) is 0 Å². The van der Waals surface area contributed by atoms with E-state index in [1.807, 2.05) is 0 Å². The average Bonchev–Trinajstić information content (AvgIpc) is 3.09. The normalized spacial score (nSPS) is 12.1. The molecule has 0 heterocycles. The number of carbonyl (C=O) groups is 2. The van der Waals surface area contributed by atoms with Gasteiger partial charge in [-0.05, 0) is 38.5 Å². The number of esters is 2. The minimum absolute atomic E-state index is 0.0620. The fraction of sp³-hybridized carbons (Fsp3) is 0.907. The molecule has 0 aromatic rings. The van der Waals surface area contributed by atoms with Gasteiger partial charge >= 0.3 is 11.9 Å². The van der Waals surface area contributed by atoms with Crippen LogP contribution in [0, 0.1) is 0 Å². The first-order chi connectivity index (χ1) is 23.6. The molecule has 5 heteroatoms. The highest BCUT2D eigenvalue weighted by molar-refractivity contribution is 5.70. The number of unbranched alkanes of at least 4 members (excludes halogenated alkanes) is 29. The Bertz CT molecular complexity index is 691. The molecule has 0 aromatic heterocycles. The summed E-state index contributed by atoms with van der Waals surface area (Å²) in [5.74, 6) is -0.583. The second kappa shape index (κ2) is 40.1. The number of rotatable bonds is 39. The summed E-state index contributed by atoms with van der Waals surface area (Å²) in [6.45, 7) is 4.16. The Balaban J connectivity index is 3.50. The Hall–Kier alpha value is -1.36. The molecule has 0 rings (SSSR count). The number of ether oxygens (including phenoxy) is 2. The maximum atomic E-state index is 12.2. The minimum Gasteiger partial charge on any atom is -0.462 e. The van der Waals surface area contributed by atoms with Crippen LogP contribution >= 0.6 is 0 Å². The molecule has 0 radical (unpaired) electrons. The molecular formula is C43H82O5. The van der Waals surface area contributed by atoms with Gasteiger partial charge in [0.05, 0.1) is 6.61 Å². The first-order valence-electron chi connectivity index (χ1n) is 21.2. The van der Waals surface area contributed by atoms with E-state index in [2.05, 4.69) is 26.0 Å². The standard InChI is InChI=1S/C43H82O5/c1-3-5-7-9-11-13-15-17-19-21-23-25-27-29-31-33-35-37-42(45)47-40-41(39-44)48-43(46)38-36-34-32-30-28-26-24-22-20-18-16-14-12-10-8-6-4-2/h17,19,41,44H,3-16,18,20-40H2,1-2H3/t41-/m0/s1. The Morgan fingerprint density at radius 2 is 0.771 bits per heavy atom. The van der Waals surface area contributed by atoms with Gasteiger partial charge in [-0.3, -0.25) is 9.59 Å². The molecule has 0 fully saturated rings. The lowest BCUT2D eigenvalue weighted by Crippen LogP contribution is -2.28. The summed E-state index contributed by atoms with van der Waals surface area (Å²) in [5.41, 5.74) is 0. The van der Waals surface area contributed by atoms with E-state index < -0.39 is 6.10 Å². The Kier molecular flexibility index (Phi) is 38.9. The number of hydrogen-bond donors (Lipinski definition) is 1. The van der Waals surface area contributed by atoms with Crippen molar-refractivity contribution in [3.63, 3.8) is 0 Å². The molecule has 0 aromatic carbocycles. The largest absolute Gasteiger partial charge is 0.462 e. The second-order valence-electron chi connectivity index (χ2n) is 14.4. The quantitative estimate of drug-likeness (QED) is 0.0398. The molecule has 0 aliphatic carbocycles. The molecule has 284 valence electrons. The molecule has 5 nitrogen and oxygen atoms in total. The summed E-state index contributed by atoms with van der Waals surface area (Å²) in [6, 6.07) is 0. The molecule has 48 heavy (non-hydrogen) atoms. The van der Waals surface area contributed by atoms with Crippen LogP contribution in [0.5, 0.6) is 0 Å². The van der Waals surface area contributed by atoms with Crippen molar-refractivity contribution >= 4 is 11.9 Å². The molecule has 1 N–H and O–H groups in total. The van der Waals surface area contributed by atoms with E-state index in [9.17, 15) is 14.7 Å². The molecule has 0 saturated carbocycles. The second-order valence-corrected chi connectivity index (χ2v) is 14.4. The minimum atomic E-state index is -0.766. The van der Waals surface area contributed by atoms with Crippen molar-refractivity contribution in [2.75, 3.05) is 13.2 Å². The fourth-order valence-electron chi connectivity index (χ4n) is 6.31. The molecule has 0 saturated heterocycles. The number of carbonyl (C=O) groups excluding carboxylic acids is 2. The lowest BCUT2D eigenvalue weighted by molar-refractivity contribution is -0.161. The van der Waals surface area contributed by atoms with E-state index in [-0.39, 0.29) is 25.2 Å². The topological polar surface area (TPSA) is 72.8 Å². The summed E-state index contributed by atoms with van der Waals surface area (Å²) in [4.78, 5) is 24.3. The highest BCUT2D eigenvalue weighted by atomic mass is 16.6. The average molecular weight is 679 g/mol. The van der Waals surface area contributed by atoms with Gasteiger partial charge in [-0.2, -0.15) is 0 Å². The molecular weight excluding hydrogens is 596 g/mol. The predicted octanol–water partition coefficient (Wildman–Crippen LogP) is 13.3. The highest BCUT2D eigenvalue weighted by Gasteiger charge is 2.16. The summed E-state index contributed by atoms with van der Waals surface area (Å²) in [6.07, 6.45) is 45.6. The van der Waals surface area contributed by atoms with Crippen molar-refractivity contribution in [3.8, 4) is 0 Å². The van der Waals surface area contributed by atoms with Gasteiger partial charge in [0.2, 0.25) is 0 Å².